The lowest BCUT2D eigenvalue weighted by atomic mass is 10.0. The van der Waals surface area contributed by atoms with Crippen molar-refractivity contribution in [2.24, 2.45) is 5.92 Å². The molecule has 0 fully saturated rings. The minimum absolute atomic E-state index is 0.102. The van der Waals surface area contributed by atoms with Crippen LogP contribution in [0.2, 0.25) is 5.28 Å². The highest BCUT2D eigenvalue weighted by Crippen LogP contribution is 2.12. The van der Waals surface area contributed by atoms with Crippen LogP contribution in [0.3, 0.4) is 0 Å². The van der Waals surface area contributed by atoms with E-state index >= 15 is 0 Å². The van der Waals surface area contributed by atoms with Gasteiger partial charge in [0, 0.05) is 13.2 Å². The van der Waals surface area contributed by atoms with Crippen LogP contribution in [0.15, 0.2) is 0 Å². The van der Waals surface area contributed by atoms with E-state index in [9.17, 15) is 0 Å². The van der Waals surface area contributed by atoms with Crippen molar-refractivity contribution < 1.29 is 4.74 Å². The van der Waals surface area contributed by atoms with E-state index in [4.69, 9.17) is 14.8 Å². The smallest absolute Gasteiger partial charge is 0.358 e. The van der Waals surface area contributed by atoms with Crippen LogP contribution in [0.25, 0.3) is 0 Å². The zero-order valence-corrected chi connectivity index (χ0v) is 10.8. The summed E-state index contributed by atoms with van der Waals surface area (Å²) < 4.78 is 5.56. The molecule has 0 aromatic rings. The summed E-state index contributed by atoms with van der Waals surface area (Å²) in [7, 11) is 5.64. The molecular formula is C10H21AlClO. The molecule has 0 amide bonds. The maximum absolute atomic E-state index is 5.64. The third kappa shape index (κ3) is 9.10. The molecule has 1 unspecified atom stereocenters. The van der Waals surface area contributed by atoms with E-state index in [2.05, 4.69) is 13.8 Å². The molecule has 0 aliphatic rings. The van der Waals surface area contributed by atoms with Gasteiger partial charge in [-0.05, 0) is 12.3 Å². The first-order valence-electron chi connectivity index (χ1n) is 5.34. The third-order valence-electron chi connectivity index (χ3n) is 2.27. The van der Waals surface area contributed by atoms with E-state index in [1.807, 2.05) is 0 Å². The molecule has 0 aliphatic heterocycles. The maximum Gasteiger partial charge on any atom is 0.358 e. The van der Waals surface area contributed by atoms with Gasteiger partial charge in [-0.25, -0.2) is 0 Å². The van der Waals surface area contributed by atoms with Gasteiger partial charge in [0.2, 0.25) is 0 Å². The molecule has 13 heavy (non-hydrogen) atoms. The average Bonchev–Trinajstić information content (AvgIpc) is 2.17. The van der Waals surface area contributed by atoms with Crippen LogP contribution in [-0.2, 0) is 4.74 Å². The molecule has 0 N–H and O–H groups in total. The minimum atomic E-state index is 0.102. The minimum Gasteiger partial charge on any atom is -0.382 e. The van der Waals surface area contributed by atoms with Crippen LogP contribution < -0.4 is 0 Å². The average molecular weight is 220 g/mol. The Morgan fingerprint density at radius 2 is 2.15 bits per heavy atom. The maximum atomic E-state index is 5.64. The number of hydrogen-bond acceptors (Lipinski definition) is 1. The molecule has 0 bridgehead atoms. The predicted molar refractivity (Wildman–Crippen MR) is 60.5 cm³/mol. The first-order chi connectivity index (χ1) is 6.35. The zero-order chi connectivity index (χ0) is 9.94. The summed E-state index contributed by atoms with van der Waals surface area (Å²) >= 11 is 0.102. The van der Waals surface area contributed by atoms with E-state index in [1.54, 1.807) is 0 Å². The van der Waals surface area contributed by atoms with Crippen LogP contribution in [-0.4, -0.2) is 27.5 Å². The summed E-state index contributed by atoms with van der Waals surface area (Å²) in [6.07, 6.45) is 5.19. The van der Waals surface area contributed by atoms with Crippen molar-refractivity contribution >= 4 is 24.3 Å². The molecule has 0 saturated carbocycles. The van der Waals surface area contributed by atoms with Gasteiger partial charge in [-0.2, -0.15) is 0 Å². The molecule has 1 nitrogen and oxygen atoms in total. The Labute approximate surface area is 93.1 Å². The molecule has 0 heterocycles. The van der Waals surface area contributed by atoms with Crippen LogP contribution in [0.1, 0.15) is 39.5 Å². The van der Waals surface area contributed by atoms with Gasteiger partial charge >= 0.3 is 14.3 Å². The summed E-state index contributed by atoms with van der Waals surface area (Å²) in [5, 5.41) is 1.06. The zero-order valence-electron chi connectivity index (χ0n) is 8.89. The van der Waals surface area contributed by atoms with Crippen LogP contribution >= 0.6 is 10.0 Å². The van der Waals surface area contributed by atoms with E-state index in [-0.39, 0.29) is 14.3 Å². The number of ether oxygens (including phenoxy) is 1. The fraction of sp³-hybridized carbons (Fsp3) is 1.00. The normalized spacial score (nSPS) is 12.8. The van der Waals surface area contributed by atoms with E-state index in [1.165, 1.54) is 25.7 Å². The molecule has 77 valence electrons. The summed E-state index contributed by atoms with van der Waals surface area (Å²) in [5.41, 5.74) is 0. The van der Waals surface area contributed by atoms with Crippen molar-refractivity contribution in [1.82, 2.24) is 0 Å². The summed E-state index contributed by atoms with van der Waals surface area (Å²) in [6, 6.07) is 0. The largest absolute Gasteiger partial charge is 0.382 e. The van der Waals surface area contributed by atoms with Gasteiger partial charge in [0.05, 0.1) is 0 Å². The first-order valence-corrected chi connectivity index (χ1v) is 7.91. The summed E-state index contributed by atoms with van der Waals surface area (Å²) in [6.45, 7) is 6.29. The first kappa shape index (κ1) is 13.8. The van der Waals surface area contributed by atoms with Crippen molar-refractivity contribution in [2.45, 2.75) is 44.8 Å². The van der Waals surface area contributed by atoms with E-state index in [0.29, 0.717) is 0 Å². The van der Waals surface area contributed by atoms with E-state index in [0.717, 1.165) is 24.4 Å². The number of rotatable bonds is 9. The molecule has 1 atom stereocenters. The van der Waals surface area contributed by atoms with Crippen LogP contribution in [0, 0.1) is 5.92 Å². The van der Waals surface area contributed by atoms with Crippen molar-refractivity contribution in [3.8, 4) is 0 Å². The molecular weight excluding hydrogens is 199 g/mol. The Kier molecular flexibility index (Phi) is 11.5. The standard InChI is InChI=1S/C10H21O.Al.ClH/c1-4-7-8-10(5-2)9-11-6-3;;/h10H,3-9H2,1-2H3;;1H/q;+1;/p-1. The van der Waals surface area contributed by atoms with Crippen molar-refractivity contribution in [3.05, 3.63) is 0 Å². The summed E-state index contributed by atoms with van der Waals surface area (Å²) in [5.74, 6) is 0.769. The van der Waals surface area contributed by atoms with Crippen molar-refractivity contribution in [3.63, 3.8) is 0 Å². The van der Waals surface area contributed by atoms with Crippen molar-refractivity contribution in [2.75, 3.05) is 13.2 Å². The van der Waals surface area contributed by atoms with Crippen LogP contribution in [0.5, 0.6) is 0 Å². The van der Waals surface area contributed by atoms with Gasteiger partial charge in [-0.1, -0.05) is 38.4 Å². The second-order valence-corrected chi connectivity index (χ2v) is 5.25. The second kappa shape index (κ2) is 10.9. The topological polar surface area (TPSA) is 9.23 Å². The Morgan fingerprint density at radius 1 is 1.38 bits per heavy atom. The number of unbranched alkanes of at least 4 members (excludes halogenated alkanes) is 1. The lowest BCUT2D eigenvalue weighted by Gasteiger charge is -2.14. The van der Waals surface area contributed by atoms with Gasteiger partial charge in [0.1, 0.15) is 0 Å². The number of hydrogen-bond donors (Lipinski definition) is 0. The predicted octanol–water partition coefficient (Wildman–Crippen LogP) is 3.50. The summed E-state index contributed by atoms with van der Waals surface area (Å²) in [4.78, 5) is 0. The Bertz CT molecular complexity index is 101. The molecule has 1 radical (unpaired) electrons. The SMILES string of the molecule is CCCCC(CC)COC[CH2][Al][Cl]. The van der Waals surface area contributed by atoms with Gasteiger partial charge < -0.3 is 4.74 Å². The van der Waals surface area contributed by atoms with Gasteiger partial charge in [-0.15, -0.1) is 0 Å². The fourth-order valence-electron chi connectivity index (χ4n) is 1.28. The number of halogens is 1. The van der Waals surface area contributed by atoms with Gasteiger partial charge in [0.15, 0.2) is 0 Å². The molecule has 0 aromatic carbocycles. The molecule has 0 rings (SSSR count). The molecule has 0 saturated heterocycles. The third-order valence-corrected chi connectivity index (χ3v) is 3.38. The van der Waals surface area contributed by atoms with Gasteiger partial charge in [0.25, 0.3) is 0 Å². The molecule has 0 aliphatic carbocycles. The quantitative estimate of drug-likeness (QED) is 0.426. The lowest BCUT2D eigenvalue weighted by Crippen LogP contribution is -2.09. The fourth-order valence-corrected chi connectivity index (χ4v) is 1.80. The Morgan fingerprint density at radius 3 is 2.69 bits per heavy atom. The second-order valence-electron chi connectivity index (χ2n) is 3.43. The van der Waals surface area contributed by atoms with Crippen LogP contribution in [0.4, 0.5) is 0 Å². The monoisotopic (exact) mass is 219 g/mol. The lowest BCUT2D eigenvalue weighted by molar-refractivity contribution is 0.105. The van der Waals surface area contributed by atoms with Crippen molar-refractivity contribution in [1.29, 1.82) is 0 Å². The highest BCUT2D eigenvalue weighted by molar-refractivity contribution is 6.93. The highest BCUT2D eigenvalue weighted by atomic mass is 35.6. The molecule has 0 aromatic heterocycles. The Hall–Kier alpha value is 0.782. The molecule has 3 heteroatoms. The highest BCUT2D eigenvalue weighted by Gasteiger charge is 2.05. The van der Waals surface area contributed by atoms with Gasteiger partial charge in [-0.3, -0.25) is 10.0 Å². The molecule has 0 spiro atoms. The Balaban J connectivity index is 3.25. The van der Waals surface area contributed by atoms with E-state index < -0.39 is 0 Å².